The highest BCUT2D eigenvalue weighted by Crippen LogP contribution is 2.32. The predicted octanol–water partition coefficient (Wildman–Crippen LogP) is 4.92. The van der Waals surface area contributed by atoms with Crippen LogP contribution in [-0.2, 0) is 13.0 Å². The quantitative estimate of drug-likeness (QED) is 0.232. The number of hydrogen-bond donors (Lipinski definition) is 2. The average Bonchev–Trinajstić information content (AvgIpc) is 3.53. The maximum absolute atomic E-state index is 13.2. The summed E-state index contributed by atoms with van der Waals surface area (Å²) in [5.41, 5.74) is 5.65. The van der Waals surface area contributed by atoms with Crippen molar-refractivity contribution >= 4 is 51.2 Å². The summed E-state index contributed by atoms with van der Waals surface area (Å²) in [5, 5.41) is 18.6. The van der Waals surface area contributed by atoms with Gasteiger partial charge in [0, 0.05) is 50.1 Å². The second kappa shape index (κ2) is 10.1. The first-order valence-corrected chi connectivity index (χ1v) is 12.4. The van der Waals surface area contributed by atoms with E-state index < -0.39 is 0 Å². The number of thiophene rings is 1. The molecule has 1 aliphatic heterocycles. The molecule has 8 nitrogen and oxygen atoms in total. The molecule has 0 saturated carbocycles. The number of fused-ring (bicyclic) bond motifs is 2. The van der Waals surface area contributed by atoms with Gasteiger partial charge >= 0.3 is 0 Å². The van der Waals surface area contributed by atoms with Gasteiger partial charge in [0.25, 0.3) is 5.91 Å². The Labute approximate surface area is 213 Å². The van der Waals surface area contributed by atoms with Crippen LogP contribution in [0.2, 0.25) is 0 Å². The zero-order chi connectivity index (χ0) is 25.1. The molecule has 0 spiro atoms. The number of benzene rings is 2. The van der Waals surface area contributed by atoms with Crippen molar-refractivity contribution in [1.29, 1.82) is 5.26 Å². The van der Waals surface area contributed by atoms with Crippen LogP contribution in [0.25, 0.3) is 10.9 Å². The van der Waals surface area contributed by atoms with Crippen LogP contribution in [0, 0.1) is 11.5 Å². The molecule has 1 aliphatic rings. The van der Waals surface area contributed by atoms with E-state index in [1.54, 1.807) is 6.20 Å². The van der Waals surface area contributed by atoms with Gasteiger partial charge in [-0.25, -0.2) is 0 Å². The molecule has 1 amide bonds. The lowest BCUT2D eigenvalue weighted by Crippen LogP contribution is -2.39. The molecule has 2 aromatic heterocycles. The van der Waals surface area contributed by atoms with Crippen molar-refractivity contribution in [1.82, 2.24) is 9.88 Å². The lowest BCUT2D eigenvalue weighted by atomic mass is 10.1. The Morgan fingerprint density at radius 1 is 1.22 bits per heavy atom. The highest BCUT2D eigenvalue weighted by molar-refractivity contribution is 7.12. The van der Waals surface area contributed by atoms with Gasteiger partial charge in [0.05, 0.1) is 11.2 Å². The van der Waals surface area contributed by atoms with E-state index in [-0.39, 0.29) is 5.91 Å². The summed E-state index contributed by atoms with van der Waals surface area (Å²) < 4.78 is 0. The van der Waals surface area contributed by atoms with Gasteiger partial charge < -0.3 is 20.4 Å². The molecular weight excluding hydrogens is 470 g/mol. The van der Waals surface area contributed by atoms with E-state index in [2.05, 4.69) is 26.7 Å². The molecule has 9 heteroatoms. The van der Waals surface area contributed by atoms with Crippen LogP contribution in [0.5, 0.6) is 0 Å². The minimum Gasteiger partial charge on any atom is -0.380 e. The van der Waals surface area contributed by atoms with Gasteiger partial charge in [-0.2, -0.15) is 5.26 Å². The summed E-state index contributed by atoms with van der Waals surface area (Å²) in [6, 6.07) is 17.8. The van der Waals surface area contributed by atoms with Gasteiger partial charge in [0.1, 0.15) is 4.88 Å². The number of para-hydroxylation sites is 1. The Kier molecular flexibility index (Phi) is 6.52. The molecule has 5 rings (SSSR count). The molecule has 180 valence electrons. The third kappa shape index (κ3) is 4.59. The van der Waals surface area contributed by atoms with E-state index >= 15 is 0 Å². The van der Waals surface area contributed by atoms with Gasteiger partial charge in [-0.15, -0.1) is 16.3 Å². The first-order chi connectivity index (χ1) is 17.5. The maximum atomic E-state index is 13.2. The van der Waals surface area contributed by atoms with Gasteiger partial charge in [0.2, 0.25) is 12.2 Å². The van der Waals surface area contributed by atoms with Crippen molar-refractivity contribution in [2.24, 2.45) is 4.99 Å². The topological polar surface area (TPSA) is 96.7 Å². The van der Waals surface area contributed by atoms with Crippen LogP contribution in [-0.4, -0.2) is 42.4 Å². The minimum absolute atomic E-state index is 0.171. The van der Waals surface area contributed by atoms with E-state index in [1.165, 1.54) is 11.3 Å². The third-order valence-electron chi connectivity index (χ3n) is 6.11. The van der Waals surface area contributed by atoms with Crippen LogP contribution < -0.4 is 15.5 Å². The summed E-state index contributed by atoms with van der Waals surface area (Å²) in [6.45, 7) is 1.31. The molecule has 0 aliphatic carbocycles. The molecule has 4 aromatic rings. The van der Waals surface area contributed by atoms with E-state index in [9.17, 15) is 4.79 Å². The van der Waals surface area contributed by atoms with Crippen LogP contribution in [0.4, 0.5) is 17.1 Å². The highest BCUT2D eigenvalue weighted by Gasteiger charge is 2.25. The number of carbonyl (C=O) groups excluding carboxylic acids is 1. The van der Waals surface area contributed by atoms with E-state index in [1.807, 2.05) is 84.0 Å². The molecule has 2 N–H and O–H groups in total. The molecule has 0 radical (unpaired) electrons. The number of rotatable bonds is 5. The van der Waals surface area contributed by atoms with Gasteiger partial charge in [-0.3, -0.25) is 9.78 Å². The lowest BCUT2D eigenvalue weighted by Gasteiger charge is -2.26. The van der Waals surface area contributed by atoms with Crippen molar-refractivity contribution < 1.29 is 4.79 Å². The molecule has 0 saturated heterocycles. The van der Waals surface area contributed by atoms with Crippen molar-refractivity contribution in [2.45, 2.75) is 13.0 Å². The van der Waals surface area contributed by atoms with Gasteiger partial charge in [-0.1, -0.05) is 24.3 Å². The first kappa shape index (κ1) is 23.3. The second-order valence-corrected chi connectivity index (χ2v) is 9.53. The van der Waals surface area contributed by atoms with Crippen molar-refractivity contribution in [2.75, 3.05) is 36.2 Å². The Bertz CT molecular complexity index is 1500. The van der Waals surface area contributed by atoms with E-state index in [0.717, 1.165) is 46.4 Å². The van der Waals surface area contributed by atoms with Crippen molar-refractivity contribution in [3.63, 3.8) is 0 Å². The Morgan fingerprint density at radius 2 is 2.08 bits per heavy atom. The second-order valence-electron chi connectivity index (χ2n) is 8.61. The van der Waals surface area contributed by atoms with Gasteiger partial charge in [-0.05, 0) is 53.3 Å². The van der Waals surface area contributed by atoms with Crippen LogP contribution >= 0.6 is 11.3 Å². The number of nitrogens with zero attached hydrogens (tertiary/aromatic N) is 5. The molecule has 0 atom stereocenters. The van der Waals surface area contributed by atoms with Crippen LogP contribution in [0.15, 0.2) is 71.2 Å². The molecular formula is C27H25N7OS. The number of carbonyl (C=O) groups is 1. The fourth-order valence-electron chi connectivity index (χ4n) is 4.42. The Morgan fingerprint density at radius 3 is 2.92 bits per heavy atom. The largest absolute Gasteiger partial charge is 0.380 e. The molecule has 36 heavy (non-hydrogen) atoms. The van der Waals surface area contributed by atoms with Crippen LogP contribution in [0.1, 0.15) is 20.8 Å². The number of aliphatic imine (C=N–C) groups is 1. The smallest absolute Gasteiger partial charge is 0.267 e. The summed E-state index contributed by atoms with van der Waals surface area (Å²) in [5.74, 6) is 0.406. The number of hydrogen-bond acceptors (Lipinski definition) is 6. The minimum atomic E-state index is -0.171. The summed E-state index contributed by atoms with van der Waals surface area (Å²) in [7, 11) is 3.72. The first-order valence-electron chi connectivity index (χ1n) is 11.5. The molecule has 3 heterocycles. The van der Waals surface area contributed by atoms with Gasteiger partial charge in [0.15, 0.2) is 0 Å². The number of amides is 1. The fraction of sp³-hybridized carbons (Fsp3) is 0.185. The van der Waals surface area contributed by atoms with Crippen molar-refractivity contribution in [3.05, 3.63) is 82.2 Å². The lowest BCUT2D eigenvalue weighted by molar-refractivity contribution is 0.103. The number of guanidine groups is 1. The predicted molar refractivity (Wildman–Crippen MR) is 146 cm³/mol. The third-order valence-corrected chi connectivity index (χ3v) is 7.02. The van der Waals surface area contributed by atoms with Crippen molar-refractivity contribution in [3.8, 4) is 6.19 Å². The molecule has 0 bridgehead atoms. The standard InChI is InChI=1S/C27H25N7OS/c1-33(2)27(31-17-28)34-13-10-18-7-8-20(15-24(18)34)32-26(35)25-23(11-14-36-25)30-16-19-9-12-29-22-6-4-3-5-21(19)22/h3-9,11-12,14-15,30H,10,13,16H2,1-2H3,(H,32,35). The molecule has 0 fully saturated rings. The fourth-order valence-corrected chi connectivity index (χ4v) is 5.19. The Hall–Kier alpha value is -4.42. The summed E-state index contributed by atoms with van der Waals surface area (Å²) >= 11 is 1.40. The molecule has 0 unspecified atom stereocenters. The number of pyridine rings is 1. The number of nitriles is 1. The SMILES string of the molecule is CN(C)C(=NC#N)N1CCc2ccc(NC(=O)c3sccc3NCc3ccnc4ccccc34)cc21. The Balaban J connectivity index is 1.33. The number of anilines is 3. The zero-order valence-corrected chi connectivity index (χ0v) is 20.8. The average molecular weight is 496 g/mol. The number of nitrogens with one attached hydrogen (secondary N) is 2. The summed E-state index contributed by atoms with van der Waals surface area (Å²) in [6.07, 6.45) is 4.55. The van der Waals surface area contributed by atoms with E-state index in [4.69, 9.17) is 5.26 Å². The van der Waals surface area contributed by atoms with Crippen LogP contribution in [0.3, 0.4) is 0 Å². The highest BCUT2D eigenvalue weighted by atomic mass is 32.1. The monoisotopic (exact) mass is 495 g/mol. The zero-order valence-electron chi connectivity index (χ0n) is 20.0. The number of aromatic nitrogens is 1. The van der Waals surface area contributed by atoms with E-state index in [0.29, 0.717) is 23.1 Å². The normalized spacial score (nSPS) is 12.8. The maximum Gasteiger partial charge on any atom is 0.267 e. The molecule has 2 aromatic carbocycles. The summed E-state index contributed by atoms with van der Waals surface area (Å²) in [4.78, 5) is 26.1.